The van der Waals surface area contributed by atoms with E-state index in [-0.39, 0.29) is 0 Å². The zero-order valence-corrected chi connectivity index (χ0v) is 10.3. The van der Waals surface area contributed by atoms with Gasteiger partial charge in [0.1, 0.15) is 5.82 Å². The molecule has 10 heteroatoms. The van der Waals surface area contributed by atoms with Gasteiger partial charge in [0.15, 0.2) is 6.61 Å². The molecule has 0 aromatic heterocycles. The topological polar surface area (TPSA) is 113 Å². The molecule has 0 amide bonds. The molecule has 0 saturated carbocycles. The van der Waals surface area contributed by atoms with Gasteiger partial charge in [-0.25, -0.2) is 9.18 Å². The van der Waals surface area contributed by atoms with Gasteiger partial charge in [-0.2, -0.15) is 8.42 Å². The van der Waals surface area contributed by atoms with Crippen LogP contribution in [0.25, 0.3) is 0 Å². The molecule has 104 valence electrons. The number of carbonyl (C=O) groups excluding carboxylic acids is 1. The molecule has 8 nitrogen and oxygen atoms in total. The Balaban J connectivity index is 2.84. The highest BCUT2D eigenvalue weighted by Gasteiger charge is 2.19. The number of nitro groups is 1. The second-order valence-electron chi connectivity index (χ2n) is 3.31. The van der Waals surface area contributed by atoms with Crippen molar-refractivity contribution in [3.05, 3.63) is 34.1 Å². The number of carbonyl (C=O) groups is 1. The van der Waals surface area contributed by atoms with E-state index in [1.807, 2.05) is 0 Å². The summed E-state index contributed by atoms with van der Waals surface area (Å²) in [6.07, 6.45) is 0.713. The molecule has 0 aliphatic carbocycles. The minimum atomic E-state index is -3.85. The summed E-state index contributed by atoms with van der Waals surface area (Å²) < 4.78 is 42.7. The summed E-state index contributed by atoms with van der Waals surface area (Å²) in [6.45, 7) is -0.966. The first kappa shape index (κ1) is 15.0. The Morgan fingerprint density at radius 2 is 2.11 bits per heavy atom. The van der Waals surface area contributed by atoms with Gasteiger partial charge < -0.3 is 4.74 Å². The van der Waals surface area contributed by atoms with Crippen LogP contribution in [-0.2, 0) is 19.1 Å². The zero-order chi connectivity index (χ0) is 14.6. The molecule has 0 fully saturated rings. The van der Waals surface area contributed by atoms with Gasteiger partial charge in [0.25, 0.3) is 10.1 Å². The van der Waals surface area contributed by atoms with Crippen molar-refractivity contribution >= 4 is 21.8 Å². The Hall–Kier alpha value is -2.07. The molecule has 0 spiro atoms. The third-order valence-corrected chi connectivity index (χ3v) is 2.28. The van der Waals surface area contributed by atoms with E-state index in [4.69, 9.17) is 0 Å². The zero-order valence-electron chi connectivity index (χ0n) is 9.53. The average molecular weight is 293 g/mol. The Morgan fingerprint density at radius 3 is 2.63 bits per heavy atom. The number of nitrogens with zero attached hydrogens (tertiary/aromatic N) is 1. The van der Waals surface area contributed by atoms with Crippen molar-refractivity contribution in [3.8, 4) is 5.75 Å². The second-order valence-corrected chi connectivity index (χ2v) is 4.95. The molecule has 0 N–H and O–H groups in total. The number of hydrogen-bond donors (Lipinski definition) is 0. The van der Waals surface area contributed by atoms with Crippen LogP contribution < -0.4 is 4.74 Å². The monoisotopic (exact) mass is 293 g/mol. The van der Waals surface area contributed by atoms with Gasteiger partial charge in [-0.1, -0.05) is 0 Å². The van der Waals surface area contributed by atoms with Gasteiger partial charge in [0.2, 0.25) is 5.75 Å². The molecule has 0 bridgehead atoms. The molecule has 19 heavy (non-hydrogen) atoms. The lowest BCUT2D eigenvalue weighted by Crippen LogP contribution is -2.18. The fourth-order valence-corrected chi connectivity index (χ4v) is 1.34. The van der Waals surface area contributed by atoms with E-state index in [0.29, 0.717) is 12.3 Å². The summed E-state index contributed by atoms with van der Waals surface area (Å²) in [6, 6.07) is 2.27. The first-order valence-corrected chi connectivity index (χ1v) is 6.50. The Morgan fingerprint density at radius 1 is 1.47 bits per heavy atom. The number of esters is 1. The van der Waals surface area contributed by atoms with Gasteiger partial charge in [0.05, 0.1) is 11.2 Å². The molecule has 1 rings (SSSR count). The van der Waals surface area contributed by atoms with Gasteiger partial charge in [-0.05, 0) is 6.07 Å². The summed E-state index contributed by atoms with van der Waals surface area (Å²) in [7, 11) is -3.85. The van der Waals surface area contributed by atoms with Gasteiger partial charge in [0, 0.05) is 12.1 Å². The van der Waals surface area contributed by atoms with Crippen molar-refractivity contribution in [2.45, 2.75) is 0 Å². The van der Waals surface area contributed by atoms with E-state index in [2.05, 4.69) is 8.92 Å². The SMILES string of the molecule is CS(=O)(=O)OCC(=O)Oc1cc(F)ccc1[N+](=O)[O-]. The van der Waals surface area contributed by atoms with Crippen LogP contribution in [0.1, 0.15) is 0 Å². The van der Waals surface area contributed by atoms with E-state index >= 15 is 0 Å². The van der Waals surface area contributed by atoms with Crippen LogP contribution in [0.2, 0.25) is 0 Å². The number of benzene rings is 1. The van der Waals surface area contributed by atoms with Crippen LogP contribution in [0.4, 0.5) is 10.1 Å². The van der Waals surface area contributed by atoms with Crippen molar-refractivity contribution in [2.24, 2.45) is 0 Å². The average Bonchev–Trinajstić information content (AvgIpc) is 2.25. The maximum Gasteiger partial charge on any atom is 0.339 e. The molecule has 1 aromatic carbocycles. The lowest BCUT2D eigenvalue weighted by atomic mass is 10.3. The highest BCUT2D eigenvalue weighted by Crippen LogP contribution is 2.27. The smallest absolute Gasteiger partial charge is 0.339 e. The van der Waals surface area contributed by atoms with Crippen LogP contribution in [0.5, 0.6) is 5.75 Å². The lowest BCUT2D eigenvalue weighted by molar-refractivity contribution is -0.385. The first-order chi connectivity index (χ1) is 8.69. The first-order valence-electron chi connectivity index (χ1n) is 4.68. The van der Waals surface area contributed by atoms with E-state index < -0.39 is 44.9 Å². The molecule has 0 aliphatic rings. The summed E-state index contributed by atoms with van der Waals surface area (Å²) in [5.41, 5.74) is -0.630. The summed E-state index contributed by atoms with van der Waals surface area (Å²) in [4.78, 5) is 20.9. The highest BCUT2D eigenvalue weighted by atomic mass is 32.2. The van der Waals surface area contributed by atoms with Crippen molar-refractivity contribution in [1.82, 2.24) is 0 Å². The molecule has 0 unspecified atom stereocenters. The van der Waals surface area contributed by atoms with Crippen LogP contribution in [0.3, 0.4) is 0 Å². The van der Waals surface area contributed by atoms with Crippen LogP contribution in [0.15, 0.2) is 18.2 Å². The van der Waals surface area contributed by atoms with Crippen molar-refractivity contribution < 1.29 is 31.4 Å². The molecule has 1 aromatic rings. The minimum Gasteiger partial charge on any atom is -0.417 e. The standard InChI is InChI=1S/C9H8FNO7S/c1-19(15,16)17-5-9(12)18-8-4-6(10)2-3-7(8)11(13)14/h2-4H,5H2,1H3. The molecule has 0 aliphatic heterocycles. The Labute approximate surface area is 107 Å². The number of rotatable bonds is 5. The molecule has 0 radical (unpaired) electrons. The van der Waals surface area contributed by atoms with E-state index in [0.717, 1.165) is 12.1 Å². The molecule has 0 atom stereocenters. The Bertz CT molecular complexity index is 613. The minimum absolute atomic E-state index is 0.630. The predicted octanol–water partition coefficient (Wildman–Crippen LogP) is 0.615. The lowest BCUT2D eigenvalue weighted by Gasteiger charge is -2.05. The number of halogens is 1. The summed E-state index contributed by atoms with van der Waals surface area (Å²) in [5, 5.41) is 10.6. The van der Waals surface area contributed by atoms with E-state index in [9.17, 15) is 27.7 Å². The molecule has 0 saturated heterocycles. The Kier molecular flexibility index (Phi) is 4.51. The van der Waals surface area contributed by atoms with E-state index in [1.54, 1.807) is 0 Å². The molecule has 0 heterocycles. The predicted molar refractivity (Wildman–Crippen MR) is 59.5 cm³/mol. The normalized spacial score (nSPS) is 11.1. The van der Waals surface area contributed by atoms with Crippen LogP contribution >= 0.6 is 0 Å². The van der Waals surface area contributed by atoms with Gasteiger partial charge in [-0.3, -0.25) is 14.3 Å². The third kappa shape index (κ3) is 4.97. The third-order valence-electron chi connectivity index (χ3n) is 1.73. The summed E-state index contributed by atoms with van der Waals surface area (Å²) in [5.74, 6) is -2.69. The van der Waals surface area contributed by atoms with Crippen LogP contribution in [-0.4, -0.2) is 32.2 Å². The maximum absolute atomic E-state index is 12.9. The highest BCUT2D eigenvalue weighted by molar-refractivity contribution is 7.86. The maximum atomic E-state index is 12.9. The number of nitro benzene ring substituents is 1. The van der Waals surface area contributed by atoms with Crippen molar-refractivity contribution in [3.63, 3.8) is 0 Å². The summed E-state index contributed by atoms with van der Waals surface area (Å²) >= 11 is 0. The quantitative estimate of drug-likeness (QED) is 0.257. The largest absolute Gasteiger partial charge is 0.417 e. The van der Waals surface area contributed by atoms with Crippen LogP contribution in [0, 0.1) is 15.9 Å². The fraction of sp³-hybridized carbons (Fsp3) is 0.222. The second kappa shape index (κ2) is 5.71. The number of hydrogen-bond acceptors (Lipinski definition) is 7. The van der Waals surface area contributed by atoms with Gasteiger partial charge >= 0.3 is 11.7 Å². The molecular formula is C9H8FNO7S. The van der Waals surface area contributed by atoms with Gasteiger partial charge in [-0.15, -0.1) is 0 Å². The van der Waals surface area contributed by atoms with Crippen molar-refractivity contribution in [2.75, 3.05) is 12.9 Å². The molecular weight excluding hydrogens is 285 g/mol. The fourth-order valence-electron chi connectivity index (χ4n) is 1.03. The number of ether oxygens (including phenoxy) is 1. The van der Waals surface area contributed by atoms with Crippen molar-refractivity contribution in [1.29, 1.82) is 0 Å². The van der Waals surface area contributed by atoms with E-state index in [1.165, 1.54) is 0 Å².